The van der Waals surface area contributed by atoms with Gasteiger partial charge in [-0.05, 0) is 19.1 Å². The number of rotatable bonds is 6. The van der Waals surface area contributed by atoms with Crippen LogP contribution in [-0.4, -0.2) is 24.6 Å². The van der Waals surface area contributed by atoms with Crippen molar-refractivity contribution in [1.82, 2.24) is 4.98 Å². The van der Waals surface area contributed by atoms with Gasteiger partial charge in [0.2, 0.25) is 0 Å². The molecule has 0 radical (unpaired) electrons. The van der Waals surface area contributed by atoms with Crippen LogP contribution in [0.3, 0.4) is 0 Å². The lowest BCUT2D eigenvalue weighted by molar-refractivity contribution is -0.386. The molecule has 1 atom stereocenters. The highest BCUT2D eigenvalue weighted by molar-refractivity contribution is 7.90. The van der Waals surface area contributed by atoms with Crippen LogP contribution in [0, 0.1) is 10.1 Å². The summed E-state index contributed by atoms with van der Waals surface area (Å²) in [7, 11) is -3.70. The molecule has 1 aromatic carbocycles. The van der Waals surface area contributed by atoms with Gasteiger partial charge in [0.05, 0.1) is 21.7 Å². The molecule has 0 spiro atoms. The van der Waals surface area contributed by atoms with E-state index in [2.05, 4.69) is 10.3 Å². The van der Waals surface area contributed by atoms with Crippen LogP contribution < -0.4 is 5.32 Å². The largest absolute Gasteiger partial charge is 0.371 e. The first-order valence-electron chi connectivity index (χ1n) is 7.30. The second-order valence-corrected chi connectivity index (χ2v) is 8.69. The molecule has 0 amide bonds. The summed E-state index contributed by atoms with van der Waals surface area (Å²) in [6, 6.07) is 3.93. The van der Waals surface area contributed by atoms with Gasteiger partial charge < -0.3 is 5.32 Å². The van der Waals surface area contributed by atoms with Gasteiger partial charge in [-0.3, -0.25) is 10.1 Å². The standard InChI is InChI=1S/C15H19N3O4S2/c1-9(2)15-17-12(8-23-15)10(3)16-11-6-5-7-13(24(4,21)22)14(11)18(19)20/h5-10,16H,1-4H3. The van der Waals surface area contributed by atoms with Gasteiger partial charge in [-0.2, -0.15) is 0 Å². The molecule has 0 fully saturated rings. The highest BCUT2D eigenvalue weighted by atomic mass is 32.2. The minimum Gasteiger partial charge on any atom is -0.371 e. The van der Waals surface area contributed by atoms with Gasteiger partial charge in [-0.1, -0.05) is 19.9 Å². The summed E-state index contributed by atoms with van der Waals surface area (Å²) in [6.45, 7) is 5.91. The first-order valence-corrected chi connectivity index (χ1v) is 10.1. The normalized spacial score (nSPS) is 13.0. The van der Waals surface area contributed by atoms with Crippen LogP contribution in [0.4, 0.5) is 11.4 Å². The number of aromatic nitrogens is 1. The van der Waals surface area contributed by atoms with E-state index in [0.717, 1.165) is 17.0 Å². The number of hydrogen-bond donors (Lipinski definition) is 1. The first kappa shape index (κ1) is 18.3. The number of nitro benzene ring substituents is 1. The Hall–Kier alpha value is -2.00. The minimum absolute atomic E-state index is 0.162. The molecular formula is C15H19N3O4S2. The summed E-state index contributed by atoms with van der Waals surface area (Å²) in [6.07, 6.45) is 0.956. The van der Waals surface area contributed by atoms with E-state index in [0.29, 0.717) is 5.92 Å². The Labute approximate surface area is 144 Å². The second kappa shape index (κ2) is 6.86. The van der Waals surface area contributed by atoms with Gasteiger partial charge in [0.15, 0.2) is 9.84 Å². The molecule has 0 aliphatic heterocycles. The Balaban J connectivity index is 2.40. The monoisotopic (exact) mass is 369 g/mol. The molecule has 2 rings (SSSR count). The Morgan fingerprint density at radius 3 is 2.46 bits per heavy atom. The van der Waals surface area contributed by atoms with E-state index >= 15 is 0 Å². The third-order valence-corrected chi connectivity index (χ3v) is 5.72. The van der Waals surface area contributed by atoms with E-state index in [1.807, 2.05) is 26.2 Å². The fourth-order valence-electron chi connectivity index (χ4n) is 2.20. The van der Waals surface area contributed by atoms with Crippen molar-refractivity contribution in [1.29, 1.82) is 0 Å². The van der Waals surface area contributed by atoms with Crippen LogP contribution in [0.2, 0.25) is 0 Å². The number of sulfone groups is 1. The van der Waals surface area contributed by atoms with Crippen molar-refractivity contribution in [3.8, 4) is 0 Å². The summed E-state index contributed by atoms with van der Waals surface area (Å²) in [4.78, 5) is 14.9. The number of hydrogen-bond acceptors (Lipinski definition) is 7. The zero-order valence-corrected chi connectivity index (χ0v) is 15.4. The molecule has 1 heterocycles. The smallest absolute Gasteiger partial charge is 0.310 e. The molecule has 2 aromatic rings. The minimum atomic E-state index is -3.70. The number of nitrogens with one attached hydrogen (secondary N) is 1. The molecule has 9 heteroatoms. The van der Waals surface area contributed by atoms with Gasteiger partial charge >= 0.3 is 5.69 Å². The lowest BCUT2D eigenvalue weighted by Crippen LogP contribution is -2.11. The summed E-state index contributed by atoms with van der Waals surface area (Å²) in [5.74, 6) is 0.304. The molecule has 1 unspecified atom stereocenters. The quantitative estimate of drug-likeness (QED) is 0.614. The zero-order chi connectivity index (χ0) is 18.1. The van der Waals surface area contributed by atoms with Crippen molar-refractivity contribution in [2.45, 2.75) is 37.6 Å². The van der Waals surface area contributed by atoms with E-state index < -0.39 is 20.4 Å². The van der Waals surface area contributed by atoms with Crippen molar-refractivity contribution in [2.24, 2.45) is 0 Å². The van der Waals surface area contributed by atoms with E-state index in [1.165, 1.54) is 29.5 Å². The van der Waals surface area contributed by atoms with Crippen molar-refractivity contribution in [3.05, 3.63) is 44.4 Å². The summed E-state index contributed by atoms with van der Waals surface area (Å²) in [5, 5.41) is 17.3. The van der Waals surface area contributed by atoms with Gasteiger partial charge in [0.25, 0.3) is 0 Å². The molecule has 0 aliphatic carbocycles. The Morgan fingerprint density at radius 2 is 1.96 bits per heavy atom. The number of nitro groups is 1. The van der Waals surface area contributed by atoms with Gasteiger partial charge in [0.1, 0.15) is 10.6 Å². The maximum atomic E-state index is 11.8. The van der Waals surface area contributed by atoms with Crippen LogP contribution in [-0.2, 0) is 9.84 Å². The third kappa shape index (κ3) is 3.90. The van der Waals surface area contributed by atoms with Crippen LogP contribution in [0.25, 0.3) is 0 Å². The lowest BCUT2D eigenvalue weighted by atomic mass is 10.2. The van der Waals surface area contributed by atoms with Gasteiger partial charge in [-0.15, -0.1) is 11.3 Å². The molecule has 0 aliphatic rings. The van der Waals surface area contributed by atoms with Gasteiger partial charge in [-0.25, -0.2) is 13.4 Å². The molecule has 1 aromatic heterocycles. The Morgan fingerprint density at radius 1 is 1.29 bits per heavy atom. The van der Waals surface area contributed by atoms with Crippen LogP contribution in [0.5, 0.6) is 0 Å². The van der Waals surface area contributed by atoms with Crippen molar-refractivity contribution in [2.75, 3.05) is 11.6 Å². The molecule has 1 N–H and O–H groups in total. The lowest BCUT2D eigenvalue weighted by Gasteiger charge is -2.14. The third-order valence-electron chi connectivity index (χ3n) is 3.43. The molecule has 7 nitrogen and oxygen atoms in total. The number of benzene rings is 1. The van der Waals surface area contributed by atoms with E-state index in [4.69, 9.17) is 0 Å². The number of anilines is 1. The second-order valence-electron chi connectivity index (χ2n) is 5.81. The van der Waals surface area contributed by atoms with Crippen LogP contribution >= 0.6 is 11.3 Å². The molecule has 0 saturated heterocycles. The summed E-state index contributed by atoms with van der Waals surface area (Å²) in [5.41, 5.74) is 0.489. The Bertz CT molecular complexity index is 859. The van der Waals surface area contributed by atoms with Crippen molar-refractivity contribution in [3.63, 3.8) is 0 Å². The van der Waals surface area contributed by atoms with Crippen molar-refractivity contribution < 1.29 is 13.3 Å². The predicted octanol–water partition coefficient (Wildman–Crippen LogP) is 3.75. The zero-order valence-electron chi connectivity index (χ0n) is 13.8. The Kier molecular flexibility index (Phi) is 5.24. The van der Waals surface area contributed by atoms with Crippen LogP contribution in [0.15, 0.2) is 28.5 Å². The summed E-state index contributed by atoms with van der Waals surface area (Å²) >= 11 is 1.53. The number of thiazole rings is 1. The molecule has 24 heavy (non-hydrogen) atoms. The maximum absolute atomic E-state index is 11.8. The van der Waals surface area contributed by atoms with Gasteiger partial charge in [0, 0.05) is 17.6 Å². The average Bonchev–Trinajstić information content (AvgIpc) is 2.95. The van der Waals surface area contributed by atoms with Crippen LogP contribution in [0.1, 0.15) is 43.4 Å². The number of nitrogens with zero attached hydrogens (tertiary/aromatic N) is 2. The average molecular weight is 369 g/mol. The highest BCUT2D eigenvalue weighted by Crippen LogP contribution is 2.34. The fraction of sp³-hybridized carbons (Fsp3) is 0.400. The highest BCUT2D eigenvalue weighted by Gasteiger charge is 2.27. The molecule has 130 valence electrons. The summed E-state index contributed by atoms with van der Waals surface area (Å²) < 4.78 is 23.6. The molecule has 0 bridgehead atoms. The molecule has 0 saturated carbocycles. The SMILES string of the molecule is CC(C)c1nc(C(C)Nc2cccc(S(C)(=O)=O)c2[N+](=O)[O-])cs1. The fourth-order valence-corrected chi connectivity index (χ4v) is 3.99. The first-order chi connectivity index (χ1) is 11.1. The number of para-hydroxylation sites is 1. The predicted molar refractivity (Wildman–Crippen MR) is 94.4 cm³/mol. The van der Waals surface area contributed by atoms with E-state index in [-0.39, 0.29) is 16.6 Å². The molecular weight excluding hydrogens is 350 g/mol. The van der Waals surface area contributed by atoms with Crippen molar-refractivity contribution >= 4 is 32.5 Å². The topological polar surface area (TPSA) is 102 Å². The maximum Gasteiger partial charge on any atom is 0.310 e. The van der Waals surface area contributed by atoms with E-state index in [9.17, 15) is 18.5 Å². The van der Waals surface area contributed by atoms with E-state index in [1.54, 1.807) is 0 Å².